The Labute approximate surface area is 168 Å². The molecule has 29 heavy (non-hydrogen) atoms. The van der Waals surface area contributed by atoms with Crippen LogP contribution in [0.3, 0.4) is 0 Å². The van der Waals surface area contributed by atoms with Gasteiger partial charge in [0.25, 0.3) is 5.91 Å². The predicted octanol–water partition coefficient (Wildman–Crippen LogP) is 1.70. The number of carboxylic acid groups (broad SMARTS) is 1. The van der Waals surface area contributed by atoms with E-state index in [1.165, 1.54) is 56.6 Å². The summed E-state index contributed by atoms with van der Waals surface area (Å²) in [6, 6.07) is 11.1. The lowest BCUT2D eigenvalue weighted by molar-refractivity contribution is -0.121. The average molecular weight is 419 g/mol. The molecule has 2 rings (SSSR count). The summed E-state index contributed by atoms with van der Waals surface area (Å²) in [6.07, 6.45) is 2.34. The minimum Gasteiger partial charge on any atom is -0.497 e. The number of carboxylic acids is 1. The number of methoxy groups -OCH3 is 1. The molecule has 0 spiro atoms. The zero-order valence-corrected chi connectivity index (χ0v) is 16.9. The minimum absolute atomic E-state index is 0.128. The molecule has 0 fully saturated rings. The molecule has 10 heteroatoms. The summed E-state index contributed by atoms with van der Waals surface area (Å²) >= 11 is 0. The Morgan fingerprint density at radius 3 is 2.21 bits per heavy atom. The van der Waals surface area contributed by atoms with E-state index in [-0.39, 0.29) is 5.56 Å². The van der Waals surface area contributed by atoms with Gasteiger partial charge in [0.05, 0.1) is 30.8 Å². The third-order valence-electron chi connectivity index (χ3n) is 3.96. The monoisotopic (exact) mass is 419 g/mol. The number of benzene rings is 2. The van der Waals surface area contributed by atoms with E-state index < -0.39 is 27.9 Å². The van der Waals surface area contributed by atoms with Crippen LogP contribution < -0.4 is 14.5 Å². The second-order valence-electron chi connectivity index (χ2n) is 6.09. The number of sulfonamides is 1. The second-order valence-corrected chi connectivity index (χ2v) is 7.95. The van der Waals surface area contributed by atoms with Crippen molar-refractivity contribution in [3.05, 3.63) is 59.7 Å². The van der Waals surface area contributed by atoms with Crippen LogP contribution >= 0.6 is 0 Å². The molecule has 0 unspecified atom stereocenters. The van der Waals surface area contributed by atoms with Crippen LogP contribution in [0.4, 0.5) is 5.69 Å². The Bertz CT molecular complexity index is 1000. The first-order valence-corrected chi connectivity index (χ1v) is 10.3. The summed E-state index contributed by atoms with van der Waals surface area (Å²) in [5.41, 5.74) is 3.30. The standard InChI is InChI=1S/C19H21N3O6S/c1-13(22(29(3,26)27)16-8-10-17(28-2)11-9-16)18(23)21-20-12-14-4-6-15(7-5-14)19(24)25/h4-13H,1-3H3,(H,21,23)(H,24,25)/b20-12-/t13-/m0/s1. The molecule has 0 aromatic heterocycles. The molecule has 0 bridgehead atoms. The zero-order valence-electron chi connectivity index (χ0n) is 16.1. The van der Waals surface area contributed by atoms with E-state index in [4.69, 9.17) is 9.84 Å². The number of hydrogen-bond donors (Lipinski definition) is 2. The van der Waals surface area contributed by atoms with Gasteiger partial charge >= 0.3 is 5.97 Å². The van der Waals surface area contributed by atoms with Crippen molar-refractivity contribution in [2.75, 3.05) is 17.7 Å². The van der Waals surface area contributed by atoms with Crippen LogP contribution in [0, 0.1) is 0 Å². The first-order chi connectivity index (χ1) is 13.6. The third-order valence-corrected chi connectivity index (χ3v) is 5.20. The van der Waals surface area contributed by atoms with Gasteiger partial charge in [0.2, 0.25) is 10.0 Å². The fourth-order valence-corrected chi connectivity index (χ4v) is 3.69. The van der Waals surface area contributed by atoms with Gasteiger partial charge in [0, 0.05) is 0 Å². The van der Waals surface area contributed by atoms with Crippen LogP contribution in [0.25, 0.3) is 0 Å². The van der Waals surface area contributed by atoms with Crippen molar-refractivity contribution < 1.29 is 27.9 Å². The normalized spacial score (nSPS) is 12.4. The van der Waals surface area contributed by atoms with Gasteiger partial charge in [-0.15, -0.1) is 0 Å². The lowest BCUT2D eigenvalue weighted by Crippen LogP contribution is -2.46. The Kier molecular flexibility index (Phi) is 6.94. The molecule has 0 aliphatic heterocycles. The fraction of sp³-hybridized carbons (Fsp3) is 0.211. The van der Waals surface area contributed by atoms with Crippen LogP contribution in [-0.2, 0) is 14.8 Å². The van der Waals surface area contributed by atoms with E-state index in [9.17, 15) is 18.0 Å². The Morgan fingerprint density at radius 1 is 1.14 bits per heavy atom. The van der Waals surface area contributed by atoms with Crippen LogP contribution in [0.5, 0.6) is 5.75 Å². The topological polar surface area (TPSA) is 125 Å². The molecule has 0 saturated heterocycles. The lowest BCUT2D eigenvalue weighted by atomic mass is 10.1. The largest absolute Gasteiger partial charge is 0.497 e. The number of hydrazone groups is 1. The van der Waals surface area contributed by atoms with E-state index in [0.717, 1.165) is 10.6 Å². The molecule has 154 valence electrons. The van der Waals surface area contributed by atoms with Gasteiger partial charge < -0.3 is 9.84 Å². The Hall–Kier alpha value is -3.40. The maximum Gasteiger partial charge on any atom is 0.335 e. The number of aromatic carboxylic acids is 1. The molecular formula is C19H21N3O6S. The maximum atomic E-state index is 12.4. The molecule has 0 saturated carbocycles. The zero-order chi connectivity index (χ0) is 21.6. The minimum atomic E-state index is -3.75. The maximum absolute atomic E-state index is 12.4. The van der Waals surface area contributed by atoms with Crippen molar-refractivity contribution in [1.29, 1.82) is 0 Å². The van der Waals surface area contributed by atoms with Crippen molar-refractivity contribution in [2.45, 2.75) is 13.0 Å². The van der Waals surface area contributed by atoms with Crippen molar-refractivity contribution in [3.8, 4) is 5.75 Å². The number of ether oxygens (including phenoxy) is 1. The highest BCUT2D eigenvalue weighted by Crippen LogP contribution is 2.23. The summed E-state index contributed by atoms with van der Waals surface area (Å²) in [7, 11) is -2.26. The van der Waals surface area contributed by atoms with E-state index in [1.807, 2.05) is 0 Å². The molecule has 2 N–H and O–H groups in total. The molecule has 2 aromatic rings. The number of rotatable bonds is 8. The fourth-order valence-electron chi connectivity index (χ4n) is 2.51. The predicted molar refractivity (Wildman–Crippen MR) is 109 cm³/mol. The van der Waals surface area contributed by atoms with Gasteiger partial charge in [-0.3, -0.25) is 9.10 Å². The van der Waals surface area contributed by atoms with Crippen LogP contribution in [0.15, 0.2) is 53.6 Å². The smallest absolute Gasteiger partial charge is 0.335 e. The van der Waals surface area contributed by atoms with E-state index in [0.29, 0.717) is 17.0 Å². The summed E-state index contributed by atoms with van der Waals surface area (Å²) in [5.74, 6) is -1.13. The highest BCUT2D eigenvalue weighted by Gasteiger charge is 2.29. The molecule has 1 amide bonds. The van der Waals surface area contributed by atoms with Crippen molar-refractivity contribution >= 4 is 33.8 Å². The van der Waals surface area contributed by atoms with E-state index in [1.54, 1.807) is 12.1 Å². The van der Waals surface area contributed by atoms with Crippen molar-refractivity contribution in [3.63, 3.8) is 0 Å². The SMILES string of the molecule is COc1ccc(N([C@@H](C)C(=O)N/N=C\c2ccc(C(=O)O)cc2)S(C)(=O)=O)cc1. The number of hydrogen-bond acceptors (Lipinski definition) is 6. The van der Waals surface area contributed by atoms with Crippen molar-refractivity contribution in [2.24, 2.45) is 5.10 Å². The lowest BCUT2D eigenvalue weighted by Gasteiger charge is -2.27. The number of anilines is 1. The summed E-state index contributed by atoms with van der Waals surface area (Å²) in [6.45, 7) is 1.44. The first kappa shape index (κ1) is 21.9. The van der Waals surface area contributed by atoms with Gasteiger partial charge in [-0.05, 0) is 48.9 Å². The van der Waals surface area contributed by atoms with E-state index in [2.05, 4.69) is 10.5 Å². The highest BCUT2D eigenvalue weighted by atomic mass is 32.2. The van der Waals surface area contributed by atoms with Gasteiger partial charge in [-0.2, -0.15) is 5.10 Å². The van der Waals surface area contributed by atoms with Gasteiger partial charge in [-0.25, -0.2) is 18.6 Å². The number of carbonyl (C=O) groups excluding carboxylic acids is 1. The summed E-state index contributed by atoms with van der Waals surface area (Å²) in [4.78, 5) is 23.3. The second kappa shape index (κ2) is 9.20. The van der Waals surface area contributed by atoms with Crippen molar-refractivity contribution in [1.82, 2.24) is 5.43 Å². The first-order valence-electron chi connectivity index (χ1n) is 8.43. The molecule has 0 radical (unpaired) electrons. The summed E-state index contributed by atoms with van der Waals surface area (Å²) < 4.78 is 30.5. The number of nitrogens with one attached hydrogen (secondary N) is 1. The molecule has 0 heterocycles. The number of nitrogens with zero attached hydrogens (tertiary/aromatic N) is 2. The highest BCUT2D eigenvalue weighted by molar-refractivity contribution is 7.92. The third kappa shape index (κ3) is 5.79. The average Bonchev–Trinajstić information content (AvgIpc) is 2.67. The Balaban J connectivity index is 2.13. The van der Waals surface area contributed by atoms with Gasteiger partial charge in [0.1, 0.15) is 11.8 Å². The molecular weight excluding hydrogens is 398 g/mol. The molecule has 0 aliphatic rings. The number of amides is 1. The molecule has 1 atom stereocenters. The van der Waals surface area contributed by atoms with Gasteiger partial charge in [0.15, 0.2) is 0 Å². The molecule has 0 aliphatic carbocycles. The van der Waals surface area contributed by atoms with Crippen LogP contribution in [-0.4, -0.2) is 51.0 Å². The van der Waals surface area contributed by atoms with Gasteiger partial charge in [-0.1, -0.05) is 12.1 Å². The molecule has 2 aromatic carbocycles. The molecule has 9 nitrogen and oxygen atoms in total. The quantitative estimate of drug-likeness (QED) is 0.496. The summed E-state index contributed by atoms with van der Waals surface area (Å²) in [5, 5.41) is 12.7. The van der Waals surface area contributed by atoms with Crippen LogP contribution in [0.1, 0.15) is 22.8 Å². The Morgan fingerprint density at radius 2 is 1.72 bits per heavy atom. The number of carbonyl (C=O) groups is 2. The van der Waals surface area contributed by atoms with E-state index >= 15 is 0 Å². The van der Waals surface area contributed by atoms with Crippen LogP contribution in [0.2, 0.25) is 0 Å².